The van der Waals surface area contributed by atoms with Gasteiger partial charge in [-0.25, -0.2) is 9.97 Å². The van der Waals surface area contributed by atoms with Gasteiger partial charge in [0.15, 0.2) is 0 Å². The van der Waals surface area contributed by atoms with E-state index in [1.807, 2.05) is 30.7 Å². The van der Waals surface area contributed by atoms with Crippen LogP contribution < -0.4 is 10.6 Å². The van der Waals surface area contributed by atoms with Gasteiger partial charge in [0.2, 0.25) is 5.95 Å². The lowest BCUT2D eigenvalue weighted by Gasteiger charge is -2.15. The van der Waals surface area contributed by atoms with Crippen molar-refractivity contribution < 1.29 is 0 Å². The number of hydrogen-bond donors (Lipinski definition) is 2. The van der Waals surface area contributed by atoms with E-state index in [9.17, 15) is 0 Å². The molecule has 0 aliphatic rings. The lowest BCUT2D eigenvalue weighted by molar-refractivity contribution is 0.769. The normalized spacial score (nSPS) is 10.5. The minimum Gasteiger partial charge on any atom is -0.340 e. The molecule has 0 fully saturated rings. The molecule has 0 amide bonds. The lowest BCUT2D eigenvalue weighted by Crippen LogP contribution is -2.05. The zero-order chi connectivity index (χ0) is 21.8. The number of nitrogens with zero attached hydrogens (tertiary/aromatic N) is 5. The summed E-state index contributed by atoms with van der Waals surface area (Å²) in [4.78, 5) is 13.1. The number of imidazole rings is 1. The summed E-state index contributed by atoms with van der Waals surface area (Å²) in [6.07, 6.45) is 5.44. The molecule has 7 nitrogen and oxygen atoms in total. The van der Waals surface area contributed by atoms with E-state index in [1.165, 1.54) is 5.56 Å². The first kappa shape index (κ1) is 20.1. The molecule has 4 rings (SSSR count). The molecule has 7 heteroatoms. The third-order valence-electron chi connectivity index (χ3n) is 5.04. The molecule has 2 aromatic heterocycles. The van der Waals surface area contributed by atoms with Crippen LogP contribution in [0, 0.1) is 32.1 Å². The molecule has 0 saturated carbocycles. The highest BCUT2D eigenvalue weighted by atomic mass is 15.1. The molecule has 154 valence electrons. The van der Waals surface area contributed by atoms with Crippen LogP contribution in [0.15, 0.2) is 61.2 Å². The van der Waals surface area contributed by atoms with Crippen molar-refractivity contribution in [3.63, 3.8) is 0 Å². The van der Waals surface area contributed by atoms with Gasteiger partial charge in [-0.3, -0.25) is 0 Å². The van der Waals surface area contributed by atoms with Crippen molar-refractivity contribution in [1.29, 1.82) is 5.26 Å². The van der Waals surface area contributed by atoms with Crippen LogP contribution >= 0.6 is 0 Å². The number of aromatic nitrogens is 4. The molecular formula is C24H23N7. The maximum atomic E-state index is 8.93. The van der Waals surface area contributed by atoms with Crippen molar-refractivity contribution in [2.24, 2.45) is 0 Å². The van der Waals surface area contributed by atoms with Crippen molar-refractivity contribution in [3.05, 3.63) is 89.1 Å². The smallest absolute Gasteiger partial charge is 0.229 e. The third kappa shape index (κ3) is 4.70. The quantitative estimate of drug-likeness (QED) is 0.465. The predicted octanol–water partition coefficient (Wildman–Crippen LogP) is 5.01. The molecule has 0 aliphatic carbocycles. The number of aryl methyl sites for hydroxylation is 3. The minimum absolute atomic E-state index is 0.484. The summed E-state index contributed by atoms with van der Waals surface area (Å²) in [5, 5.41) is 15.5. The highest BCUT2D eigenvalue weighted by Crippen LogP contribution is 2.26. The van der Waals surface area contributed by atoms with Gasteiger partial charge in [-0.05, 0) is 67.8 Å². The summed E-state index contributed by atoms with van der Waals surface area (Å²) in [5.41, 5.74) is 7.13. The molecule has 0 bridgehead atoms. The van der Waals surface area contributed by atoms with E-state index >= 15 is 0 Å². The lowest BCUT2D eigenvalue weighted by atomic mass is 10.0. The van der Waals surface area contributed by atoms with Crippen LogP contribution in [0.5, 0.6) is 0 Å². The average Bonchev–Trinajstić information content (AvgIpc) is 3.16. The van der Waals surface area contributed by atoms with Gasteiger partial charge in [0.25, 0.3) is 0 Å². The van der Waals surface area contributed by atoms with Gasteiger partial charge in [-0.15, -0.1) is 0 Å². The van der Waals surface area contributed by atoms with Crippen molar-refractivity contribution in [2.45, 2.75) is 27.3 Å². The van der Waals surface area contributed by atoms with Crippen LogP contribution in [0.3, 0.4) is 0 Å². The summed E-state index contributed by atoms with van der Waals surface area (Å²) in [6.45, 7) is 7.04. The van der Waals surface area contributed by atoms with E-state index in [2.05, 4.69) is 69.1 Å². The molecular weight excluding hydrogens is 386 g/mol. The second kappa shape index (κ2) is 8.67. The van der Waals surface area contributed by atoms with Crippen molar-refractivity contribution in [1.82, 2.24) is 19.5 Å². The topological polar surface area (TPSA) is 91.5 Å². The predicted molar refractivity (Wildman–Crippen MR) is 122 cm³/mol. The number of anilines is 4. The Labute approximate surface area is 181 Å². The number of hydrogen-bond acceptors (Lipinski definition) is 6. The Bertz CT molecular complexity index is 1230. The fourth-order valence-electron chi connectivity index (χ4n) is 3.46. The van der Waals surface area contributed by atoms with Crippen LogP contribution in [0.2, 0.25) is 0 Å². The highest BCUT2D eigenvalue weighted by Gasteiger charge is 2.09. The summed E-state index contributed by atoms with van der Waals surface area (Å²) >= 11 is 0. The first-order chi connectivity index (χ1) is 15.0. The van der Waals surface area contributed by atoms with E-state index in [4.69, 9.17) is 5.26 Å². The van der Waals surface area contributed by atoms with Crippen molar-refractivity contribution in [2.75, 3.05) is 10.6 Å². The highest BCUT2D eigenvalue weighted by molar-refractivity contribution is 5.66. The van der Waals surface area contributed by atoms with Gasteiger partial charge in [-0.2, -0.15) is 10.2 Å². The first-order valence-corrected chi connectivity index (χ1v) is 9.96. The zero-order valence-corrected chi connectivity index (χ0v) is 17.7. The number of benzene rings is 2. The summed E-state index contributed by atoms with van der Waals surface area (Å²) in [6, 6.07) is 15.5. The van der Waals surface area contributed by atoms with Crippen LogP contribution in [-0.4, -0.2) is 19.5 Å². The fourth-order valence-corrected chi connectivity index (χ4v) is 3.46. The Morgan fingerprint density at radius 1 is 1.00 bits per heavy atom. The van der Waals surface area contributed by atoms with Crippen molar-refractivity contribution in [3.8, 4) is 6.07 Å². The Kier molecular flexibility index (Phi) is 5.63. The SMILES string of the molecule is Cc1cc(Cn2cncc2C)cc(C)c1Nc1ccnc(Nc2ccc(C#N)cc2)n1. The Hall–Kier alpha value is -4.18. The average molecular weight is 409 g/mol. The number of rotatable bonds is 6. The summed E-state index contributed by atoms with van der Waals surface area (Å²) in [7, 11) is 0. The molecule has 2 heterocycles. The Morgan fingerprint density at radius 3 is 2.39 bits per heavy atom. The van der Waals surface area contributed by atoms with E-state index in [0.717, 1.165) is 34.7 Å². The Morgan fingerprint density at radius 2 is 1.74 bits per heavy atom. The van der Waals surface area contributed by atoms with E-state index in [0.29, 0.717) is 17.3 Å². The van der Waals surface area contributed by atoms with Gasteiger partial charge in [0.05, 0.1) is 18.0 Å². The minimum atomic E-state index is 0.484. The van der Waals surface area contributed by atoms with Gasteiger partial charge in [0.1, 0.15) is 5.82 Å². The molecule has 2 aromatic carbocycles. The Balaban J connectivity index is 1.51. The molecule has 0 saturated heterocycles. The van der Waals surface area contributed by atoms with Gasteiger partial charge >= 0.3 is 0 Å². The number of nitriles is 1. The molecule has 31 heavy (non-hydrogen) atoms. The second-order valence-electron chi connectivity index (χ2n) is 7.47. The molecule has 0 aliphatic heterocycles. The van der Waals surface area contributed by atoms with Crippen LogP contribution in [0.25, 0.3) is 0 Å². The van der Waals surface area contributed by atoms with Crippen LogP contribution in [0.4, 0.5) is 23.1 Å². The van der Waals surface area contributed by atoms with Gasteiger partial charge < -0.3 is 15.2 Å². The largest absolute Gasteiger partial charge is 0.340 e. The van der Waals surface area contributed by atoms with E-state index < -0.39 is 0 Å². The molecule has 0 atom stereocenters. The summed E-state index contributed by atoms with van der Waals surface area (Å²) in [5.74, 6) is 1.19. The number of nitrogens with one attached hydrogen (secondary N) is 2. The van der Waals surface area contributed by atoms with Crippen molar-refractivity contribution >= 4 is 23.1 Å². The zero-order valence-electron chi connectivity index (χ0n) is 17.7. The van der Waals surface area contributed by atoms with Crippen LogP contribution in [-0.2, 0) is 6.54 Å². The van der Waals surface area contributed by atoms with Crippen LogP contribution in [0.1, 0.15) is 27.9 Å². The molecule has 4 aromatic rings. The maximum Gasteiger partial charge on any atom is 0.229 e. The van der Waals surface area contributed by atoms with Gasteiger partial charge in [-0.1, -0.05) is 12.1 Å². The molecule has 0 unspecified atom stereocenters. The van der Waals surface area contributed by atoms with E-state index in [1.54, 1.807) is 18.3 Å². The molecule has 0 spiro atoms. The summed E-state index contributed by atoms with van der Waals surface area (Å²) < 4.78 is 2.13. The first-order valence-electron chi connectivity index (χ1n) is 9.96. The standard InChI is InChI=1S/C24H23N7/c1-16-10-20(14-31-15-26-13-18(31)3)11-17(2)23(16)29-22-8-9-27-24(30-22)28-21-6-4-19(12-25)5-7-21/h4-11,13,15H,14H2,1-3H3,(H2,27,28,29,30). The van der Waals surface area contributed by atoms with Gasteiger partial charge in [0, 0.05) is 36.0 Å². The second-order valence-corrected chi connectivity index (χ2v) is 7.47. The third-order valence-corrected chi connectivity index (χ3v) is 5.04. The monoisotopic (exact) mass is 409 g/mol. The maximum absolute atomic E-state index is 8.93. The molecule has 0 radical (unpaired) electrons. The molecule has 2 N–H and O–H groups in total. The fraction of sp³-hybridized carbons (Fsp3) is 0.167. The van der Waals surface area contributed by atoms with E-state index in [-0.39, 0.29) is 0 Å².